The van der Waals surface area contributed by atoms with Gasteiger partial charge in [-0.1, -0.05) is 11.6 Å². The van der Waals surface area contributed by atoms with Gasteiger partial charge in [-0.3, -0.25) is 9.59 Å². The van der Waals surface area contributed by atoms with Crippen molar-refractivity contribution in [3.8, 4) is 5.75 Å². The summed E-state index contributed by atoms with van der Waals surface area (Å²) < 4.78 is 0. The first-order valence-electron chi connectivity index (χ1n) is 7.02. The van der Waals surface area contributed by atoms with Crippen LogP contribution in [0.3, 0.4) is 0 Å². The molecule has 114 valence electrons. The number of phenols is 1. The van der Waals surface area contributed by atoms with Gasteiger partial charge in [0.15, 0.2) is 0 Å². The Balaban J connectivity index is 2.02. The lowest BCUT2D eigenvalue weighted by atomic mass is 10.1. The summed E-state index contributed by atoms with van der Waals surface area (Å²) in [5.41, 5.74) is 1.11. The van der Waals surface area contributed by atoms with Gasteiger partial charge in [-0.25, -0.2) is 0 Å². The number of piperazine rings is 1. The molecule has 2 N–H and O–H groups in total. The SMILES string of the molecule is Cc1ccc(O)c(C(=O)N(C)CC(=O)N2CCNCC2)c1. The minimum Gasteiger partial charge on any atom is -0.507 e. The number of likely N-dealkylation sites (N-methyl/N-ethyl adjacent to an activating group) is 1. The van der Waals surface area contributed by atoms with E-state index < -0.39 is 0 Å². The first-order valence-corrected chi connectivity index (χ1v) is 7.02. The van der Waals surface area contributed by atoms with Crippen LogP contribution in [0.4, 0.5) is 0 Å². The number of nitrogens with zero attached hydrogens (tertiary/aromatic N) is 2. The third-order valence-electron chi connectivity index (χ3n) is 3.57. The summed E-state index contributed by atoms with van der Waals surface area (Å²) >= 11 is 0. The van der Waals surface area contributed by atoms with E-state index in [1.807, 2.05) is 6.92 Å². The maximum Gasteiger partial charge on any atom is 0.257 e. The topological polar surface area (TPSA) is 72.9 Å². The van der Waals surface area contributed by atoms with E-state index in [-0.39, 0.29) is 29.7 Å². The van der Waals surface area contributed by atoms with Crippen LogP contribution in [0.2, 0.25) is 0 Å². The Kier molecular flexibility index (Phi) is 4.80. The van der Waals surface area contributed by atoms with E-state index in [2.05, 4.69) is 5.32 Å². The Bertz CT molecular complexity index is 539. The highest BCUT2D eigenvalue weighted by Crippen LogP contribution is 2.19. The second-order valence-electron chi connectivity index (χ2n) is 5.31. The van der Waals surface area contributed by atoms with Crippen molar-refractivity contribution < 1.29 is 14.7 Å². The lowest BCUT2D eigenvalue weighted by Crippen LogP contribution is -2.49. The Hall–Kier alpha value is -2.08. The number of hydrogen-bond acceptors (Lipinski definition) is 4. The zero-order chi connectivity index (χ0) is 15.4. The van der Waals surface area contributed by atoms with Gasteiger partial charge in [0.2, 0.25) is 5.91 Å². The van der Waals surface area contributed by atoms with Crippen LogP contribution in [0.5, 0.6) is 5.75 Å². The fourth-order valence-electron chi connectivity index (χ4n) is 2.32. The molecular formula is C15H21N3O3. The number of carbonyl (C=O) groups excluding carboxylic acids is 2. The second kappa shape index (κ2) is 6.58. The molecule has 1 aromatic carbocycles. The zero-order valence-corrected chi connectivity index (χ0v) is 12.4. The third kappa shape index (κ3) is 3.72. The van der Waals surface area contributed by atoms with Crippen molar-refractivity contribution in [1.82, 2.24) is 15.1 Å². The van der Waals surface area contributed by atoms with Crippen LogP contribution in [0.1, 0.15) is 15.9 Å². The Morgan fingerprint density at radius 2 is 2.00 bits per heavy atom. The van der Waals surface area contributed by atoms with Crippen molar-refractivity contribution in [2.75, 3.05) is 39.8 Å². The van der Waals surface area contributed by atoms with Crippen molar-refractivity contribution in [2.45, 2.75) is 6.92 Å². The summed E-state index contributed by atoms with van der Waals surface area (Å²) in [6.45, 7) is 4.76. The maximum absolute atomic E-state index is 12.3. The van der Waals surface area contributed by atoms with Crippen molar-refractivity contribution in [3.05, 3.63) is 29.3 Å². The lowest BCUT2D eigenvalue weighted by Gasteiger charge is -2.29. The van der Waals surface area contributed by atoms with E-state index in [4.69, 9.17) is 0 Å². The highest BCUT2D eigenvalue weighted by atomic mass is 16.3. The van der Waals surface area contributed by atoms with Crippen LogP contribution < -0.4 is 5.32 Å². The summed E-state index contributed by atoms with van der Waals surface area (Å²) in [5.74, 6) is -0.480. The van der Waals surface area contributed by atoms with Crippen molar-refractivity contribution in [1.29, 1.82) is 0 Å². The average Bonchev–Trinajstić information content (AvgIpc) is 2.49. The number of benzene rings is 1. The van der Waals surface area contributed by atoms with Crippen LogP contribution in [0.25, 0.3) is 0 Å². The number of hydrogen-bond donors (Lipinski definition) is 2. The fraction of sp³-hybridized carbons (Fsp3) is 0.467. The first kappa shape index (κ1) is 15.3. The largest absolute Gasteiger partial charge is 0.507 e. The summed E-state index contributed by atoms with van der Waals surface area (Å²) in [4.78, 5) is 27.5. The summed E-state index contributed by atoms with van der Waals surface area (Å²) in [6.07, 6.45) is 0. The Labute approximate surface area is 124 Å². The maximum atomic E-state index is 12.3. The fourth-order valence-corrected chi connectivity index (χ4v) is 2.32. The molecule has 0 spiro atoms. The molecule has 1 fully saturated rings. The quantitative estimate of drug-likeness (QED) is 0.835. The molecule has 6 heteroatoms. The number of amides is 2. The van der Waals surface area contributed by atoms with Gasteiger partial charge in [-0.15, -0.1) is 0 Å². The summed E-state index contributed by atoms with van der Waals surface area (Å²) in [7, 11) is 1.57. The molecule has 1 heterocycles. The minimum absolute atomic E-state index is 0.0201. The van der Waals surface area contributed by atoms with E-state index in [0.29, 0.717) is 13.1 Å². The minimum atomic E-state index is -0.348. The molecule has 0 bridgehead atoms. The van der Waals surface area contributed by atoms with Gasteiger partial charge in [0, 0.05) is 33.2 Å². The average molecular weight is 291 g/mol. The van der Waals surface area contributed by atoms with Gasteiger partial charge < -0.3 is 20.2 Å². The third-order valence-corrected chi connectivity index (χ3v) is 3.57. The number of phenolic OH excluding ortho intramolecular Hbond substituents is 1. The molecule has 1 aliphatic rings. The van der Waals surface area contributed by atoms with E-state index in [0.717, 1.165) is 18.7 Å². The van der Waals surface area contributed by atoms with Crippen molar-refractivity contribution in [2.24, 2.45) is 0 Å². The summed E-state index contributed by atoms with van der Waals surface area (Å²) in [5, 5.41) is 13.0. The molecule has 0 radical (unpaired) electrons. The second-order valence-corrected chi connectivity index (χ2v) is 5.31. The van der Waals surface area contributed by atoms with Gasteiger partial charge in [0.1, 0.15) is 5.75 Å². The number of aromatic hydroxyl groups is 1. The molecule has 0 unspecified atom stereocenters. The van der Waals surface area contributed by atoms with E-state index >= 15 is 0 Å². The van der Waals surface area contributed by atoms with Crippen LogP contribution in [-0.2, 0) is 4.79 Å². The van der Waals surface area contributed by atoms with E-state index in [1.165, 1.54) is 11.0 Å². The van der Waals surface area contributed by atoms with Crippen LogP contribution in [-0.4, -0.2) is 66.5 Å². The molecule has 2 amide bonds. The van der Waals surface area contributed by atoms with Gasteiger partial charge >= 0.3 is 0 Å². The molecule has 1 saturated heterocycles. The number of rotatable bonds is 3. The normalized spacial score (nSPS) is 14.9. The molecule has 0 aromatic heterocycles. The first-order chi connectivity index (χ1) is 9.99. The van der Waals surface area contributed by atoms with Gasteiger partial charge in [-0.2, -0.15) is 0 Å². The molecule has 1 aliphatic heterocycles. The smallest absolute Gasteiger partial charge is 0.257 e. The van der Waals surface area contributed by atoms with Crippen LogP contribution >= 0.6 is 0 Å². The number of carbonyl (C=O) groups is 2. The summed E-state index contributed by atoms with van der Waals surface area (Å²) in [6, 6.07) is 4.86. The molecular weight excluding hydrogens is 270 g/mol. The van der Waals surface area contributed by atoms with E-state index in [9.17, 15) is 14.7 Å². The van der Waals surface area contributed by atoms with Gasteiger partial charge in [0.05, 0.1) is 12.1 Å². The van der Waals surface area contributed by atoms with E-state index in [1.54, 1.807) is 24.1 Å². The number of nitrogens with one attached hydrogen (secondary N) is 1. The van der Waals surface area contributed by atoms with Crippen molar-refractivity contribution >= 4 is 11.8 Å². The molecule has 2 rings (SSSR count). The predicted octanol–water partition coefficient (Wildman–Crippen LogP) is 0.204. The molecule has 6 nitrogen and oxygen atoms in total. The van der Waals surface area contributed by atoms with Crippen LogP contribution in [0.15, 0.2) is 18.2 Å². The van der Waals surface area contributed by atoms with Gasteiger partial charge in [-0.05, 0) is 19.1 Å². The highest BCUT2D eigenvalue weighted by molar-refractivity contribution is 5.98. The molecule has 0 aliphatic carbocycles. The molecule has 21 heavy (non-hydrogen) atoms. The molecule has 0 atom stereocenters. The standard InChI is InChI=1S/C15H21N3O3/c1-11-3-4-13(19)12(9-11)15(21)17(2)10-14(20)18-7-5-16-6-8-18/h3-4,9,16,19H,5-8,10H2,1-2H3. The predicted molar refractivity (Wildman–Crippen MR) is 79.3 cm³/mol. The number of aryl methyl sites for hydroxylation is 1. The molecule has 1 aromatic rings. The zero-order valence-electron chi connectivity index (χ0n) is 12.4. The Morgan fingerprint density at radius 1 is 1.33 bits per heavy atom. The van der Waals surface area contributed by atoms with Crippen molar-refractivity contribution in [3.63, 3.8) is 0 Å². The Morgan fingerprint density at radius 3 is 2.67 bits per heavy atom. The van der Waals surface area contributed by atoms with Crippen LogP contribution in [0, 0.1) is 6.92 Å². The monoisotopic (exact) mass is 291 g/mol. The highest BCUT2D eigenvalue weighted by Gasteiger charge is 2.22. The lowest BCUT2D eigenvalue weighted by molar-refractivity contribution is -0.132. The van der Waals surface area contributed by atoms with Gasteiger partial charge in [0.25, 0.3) is 5.91 Å². The molecule has 0 saturated carbocycles.